The predicted octanol–water partition coefficient (Wildman–Crippen LogP) is 0.625. The van der Waals surface area contributed by atoms with E-state index in [9.17, 15) is 13.2 Å². The molecule has 7 heteroatoms. The number of hydrogen-bond acceptors (Lipinski definition) is 6. The number of nitrogens with two attached hydrogens (primary N) is 1. The number of anilines is 1. The molecule has 0 radical (unpaired) electrons. The van der Waals surface area contributed by atoms with Crippen molar-refractivity contribution in [1.29, 1.82) is 0 Å². The molecule has 0 atom stereocenters. The molecule has 106 valence electrons. The molecule has 1 rings (SSSR count). The Morgan fingerprint density at radius 1 is 1.37 bits per heavy atom. The first kappa shape index (κ1) is 15.3. The zero-order valence-corrected chi connectivity index (χ0v) is 11.5. The van der Waals surface area contributed by atoms with Crippen LogP contribution in [0.1, 0.15) is 6.42 Å². The lowest BCUT2D eigenvalue weighted by Gasteiger charge is -2.07. The summed E-state index contributed by atoms with van der Waals surface area (Å²) >= 11 is 0. The standard InChI is InChI=1S/C12H17NO5S/c1-17-12(14)9-19(15,16)7-3-6-18-11-5-2-4-10(13)8-11/h2,4-5,8H,3,6-7,9,13H2,1H3. The fourth-order valence-corrected chi connectivity index (χ4v) is 2.56. The summed E-state index contributed by atoms with van der Waals surface area (Å²) in [4.78, 5) is 10.9. The third-order valence-electron chi connectivity index (χ3n) is 2.29. The molecule has 0 aliphatic heterocycles. The molecule has 1 aromatic rings. The van der Waals surface area contributed by atoms with E-state index in [1.54, 1.807) is 24.3 Å². The molecule has 0 fully saturated rings. The molecule has 1 aromatic carbocycles. The SMILES string of the molecule is COC(=O)CS(=O)(=O)CCCOc1cccc(N)c1. The van der Waals surface area contributed by atoms with Gasteiger partial charge in [0.2, 0.25) is 0 Å². The van der Waals surface area contributed by atoms with Gasteiger partial charge >= 0.3 is 5.97 Å². The predicted molar refractivity (Wildman–Crippen MR) is 71.6 cm³/mol. The van der Waals surface area contributed by atoms with Gasteiger partial charge < -0.3 is 15.2 Å². The van der Waals surface area contributed by atoms with Crippen LogP contribution in [0.15, 0.2) is 24.3 Å². The molecule has 19 heavy (non-hydrogen) atoms. The minimum atomic E-state index is -3.43. The molecule has 2 N–H and O–H groups in total. The molecule has 6 nitrogen and oxygen atoms in total. The normalized spacial score (nSPS) is 11.0. The Kier molecular flexibility index (Phi) is 5.62. The highest BCUT2D eigenvalue weighted by atomic mass is 32.2. The fraction of sp³-hybridized carbons (Fsp3) is 0.417. The van der Waals surface area contributed by atoms with Crippen molar-refractivity contribution in [3.63, 3.8) is 0 Å². The van der Waals surface area contributed by atoms with Crippen LogP contribution in [0.5, 0.6) is 5.75 Å². The lowest BCUT2D eigenvalue weighted by molar-refractivity contribution is -0.137. The van der Waals surface area contributed by atoms with E-state index < -0.39 is 21.6 Å². The van der Waals surface area contributed by atoms with Crippen LogP contribution < -0.4 is 10.5 Å². The summed E-state index contributed by atoms with van der Waals surface area (Å²) in [7, 11) is -2.28. The van der Waals surface area contributed by atoms with Crippen LogP contribution in [0.2, 0.25) is 0 Å². The van der Waals surface area contributed by atoms with E-state index in [1.165, 1.54) is 0 Å². The molecule has 0 spiro atoms. The lowest BCUT2D eigenvalue weighted by atomic mass is 10.3. The van der Waals surface area contributed by atoms with Crippen molar-refractivity contribution in [2.24, 2.45) is 0 Å². The zero-order valence-electron chi connectivity index (χ0n) is 10.7. The number of carbonyl (C=O) groups excluding carboxylic acids is 1. The van der Waals surface area contributed by atoms with Crippen LogP contribution in [0.25, 0.3) is 0 Å². The van der Waals surface area contributed by atoms with E-state index in [1.807, 2.05) is 0 Å². The molecule has 0 amide bonds. The van der Waals surface area contributed by atoms with Crippen molar-refractivity contribution >= 4 is 21.5 Å². The number of esters is 1. The van der Waals surface area contributed by atoms with Crippen LogP contribution in [0.3, 0.4) is 0 Å². The molecule has 0 heterocycles. The number of hydrogen-bond donors (Lipinski definition) is 1. The number of ether oxygens (including phenoxy) is 2. The maximum atomic E-state index is 11.5. The topological polar surface area (TPSA) is 95.7 Å². The van der Waals surface area contributed by atoms with Gasteiger partial charge in [0.15, 0.2) is 9.84 Å². The minimum Gasteiger partial charge on any atom is -0.493 e. The van der Waals surface area contributed by atoms with Crippen LogP contribution in [-0.2, 0) is 19.4 Å². The third-order valence-corrected chi connectivity index (χ3v) is 3.88. The van der Waals surface area contributed by atoms with Gasteiger partial charge in [0.25, 0.3) is 0 Å². The number of rotatable bonds is 7. The third kappa shape index (κ3) is 6.10. The van der Waals surface area contributed by atoms with E-state index in [0.29, 0.717) is 17.9 Å². The van der Waals surface area contributed by atoms with Gasteiger partial charge in [-0.2, -0.15) is 0 Å². The van der Waals surface area contributed by atoms with Crippen LogP contribution >= 0.6 is 0 Å². The molecule has 0 saturated carbocycles. The van der Waals surface area contributed by atoms with Crippen LogP contribution in [-0.4, -0.2) is 39.6 Å². The van der Waals surface area contributed by atoms with Crippen molar-refractivity contribution in [2.45, 2.75) is 6.42 Å². The largest absolute Gasteiger partial charge is 0.493 e. The first-order valence-electron chi connectivity index (χ1n) is 5.68. The summed E-state index contributed by atoms with van der Waals surface area (Å²) in [6, 6.07) is 6.87. The van der Waals surface area contributed by atoms with Gasteiger partial charge in [0.1, 0.15) is 11.5 Å². The molecular formula is C12H17NO5S. The summed E-state index contributed by atoms with van der Waals surface area (Å²) in [5.74, 6) is -0.881. The maximum Gasteiger partial charge on any atom is 0.320 e. The van der Waals surface area contributed by atoms with Gasteiger partial charge in [-0.05, 0) is 18.6 Å². The Bertz CT molecular complexity index is 527. The summed E-state index contributed by atoms with van der Waals surface area (Å²) in [5.41, 5.74) is 6.15. The Hall–Kier alpha value is -1.76. The van der Waals surface area contributed by atoms with Crippen molar-refractivity contribution in [2.75, 3.05) is 31.0 Å². The van der Waals surface area contributed by atoms with Gasteiger partial charge in [0.05, 0.1) is 19.5 Å². The summed E-state index contributed by atoms with van der Waals surface area (Å²) in [6.07, 6.45) is 0.300. The Morgan fingerprint density at radius 2 is 2.11 bits per heavy atom. The second-order valence-electron chi connectivity index (χ2n) is 3.94. The maximum absolute atomic E-state index is 11.5. The summed E-state index contributed by atoms with van der Waals surface area (Å²) in [6.45, 7) is 0.240. The number of methoxy groups -OCH3 is 1. The number of benzene rings is 1. The molecular weight excluding hydrogens is 270 g/mol. The highest BCUT2D eigenvalue weighted by molar-refractivity contribution is 7.92. The first-order chi connectivity index (χ1) is 8.93. The zero-order chi connectivity index (χ0) is 14.3. The van der Waals surface area contributed by atoms with Crippen molar-refractivity contribution in [3.8, 4) is 5.75 Å². The Labute approximate surface area is 112 Å². The Balaban J connectivity index is 2.33. The Morgan fingerprint density at radius 3 is 2.74 bits per heavy atom. The average molecular weight is 287 g/mol. The van der Waals surface area contributed by atoms with E-state index in [-0.39, 0.29) is 12.4 Å². The molecule has 0 bridgehead atoms. The highest BCUT2D eigenvalue weighted by Crippen LogP contribution is 2.14. The minimum absolute atomic E-state index is 0.121. The van der Waals surface area contributed by atoms with E-state index in [4.69, 9.17) is 10.5 Å². The second kappa shape index (κ2) is 6.98. The van der Waals surface area contributed by atoms with Crippen molar-refractivity contribution in [3.05, 3.63) is 24.3 Å². The molecule has 0 aliphatic rings. The van der Waals surface area contributed by atoms with E-state index in [2.05, 4.69) is 4.74 Å². The van der Waals surface area contributed by atoms with Crippen LogP contribution in [0.4, 0.5) is 5.69 Å². The van der Waals surface area contributed by atoms with Gasteiger partial charge in [-0.1, -0.05) is 6.07 Å². The number of nitrogen functional groups attached to an aromatic ring is 1. The molecule has 0 unspecified atom stereocenters. The van der Waals surface area contributed by atoms with Gasteiger partial charge in [-0.25, -0.2) is 8.42 Å². The highest BCUT2D eigenvalue weighted by Gasteiger charge is 2.16. The second-order valence-corrected chi connectivity index (χ2v) is 6.13. The molecule has 0 saturated heterocycles. The van der Waals surface area contributed by atoms with Gasteiger partial charge in [-0.15, -0.1) is 0 Å². The van der Waals surface area contributed by atoms with E-state index in [0.717, 1.165) is 7.11 Å². The van der Waals surface area contributed by atoms with Crippen molar-refractivity contribution in [1.82, 2.24) is 0 Å². The van der Waals surface area contributed by atoms with E-state index >= 15 is 0 Å². The number of sulfone groups is 1. The number of carbonyl (C=O) groups is 1. The summed E-state index contributed by atoms with van der Waals surface area (Å²) < 4.78 is 32.6. The molecule has 0 aromatic heterocycles. The lowest BCUT2D eigenvalue weighted by Crippen LogP contribution is -2.21. The first-order valence-corrected chi connectivity index (χ1v) is 7.50. The molecule has 0 aliphatic carbocycles. The quantitative estimate of drug-likeness (QED) is 0.449. The van der Waals surface area contributed by atoms with Gasteiger partial charge in [-0.3, -0.25) is 4.79 Å². The van der Waals surface area contributed by atoms with Gasteiger partial charge in [0, 0.05) is 11.8 Å². The monoisotopic (exact) mass is 287 g/mol. The van der Waals surface area contributed by atoms with Crippen molar-refractivity contribution < 1.29 is 22.7 Å². The average Bonchev–Trinajstić information content (AvgIpc) is 2.34. The summed E-state index contributed by atoms with van der Waals surface area (Å²) in [5, 5.41) is 0. The fourth-order valence-electron chi connectivity index (χ4n) is 1.38. The smallest absolute Gasteiger partial charge is 0.320 e. The van der Waals surface area contributed by atoms with Crippen LogP contribution in [0, 0.1) is 0 Å².